The minimum Gasteiger partial charge on any atom is -0.372 e. The Bertz CT molecular complexity index is 938. The number of anilines is 3. The van der Waals surface area contributed by atoms with Crippen LogP contribution < -0.4 is 15.1 Å². The lowest BCUT2D eigenvalue weighted by Crippen LogP contribution is -2.28. The highest BCUT2D eigenvalue weighted by Crippen LogP contribution is 2.30. The molecule has 2 fully saturated rings. The number of nitrogens with one attached hydrogen (secondary N) is 1. The van der Waals surface area contributed by atoms with Crippen molar-refractivity contribution in [2.75, 3.05) is 34.8 Å². The minimum absolute atomic E-state index is 0.0837. The van der Waals surface area contributed by atoms with E-state index in [1.165, 1.54) is 25.0 Å². The van der Waals surface area contributed by atoms with Crippen LogP contribution in [-0.4, -0.2) is 36.4 Å². The molecule has 0 spiro atoms. The van der Waals surface area contributed by atoms with E-state index in [0.717, 1.165) is 24.5 Å². The molecular weight excluding hydrogens is 372 g/mol. The summed E-state index contributed by atoms with van der Waals surface area (Å²) in [6.07, 6.45) is 2.48. The average molecular weight is 394 g/mol. The molecule has 2 saturated heterocycles. The number of nitro groups is 1. The summed E-state index contributed by atoms with van der Waals surface area (Å²) < 4.78 is 0. The SMILES string of the molecule is O=C(Nc1ccccc1[N+](=O)[O-])C1CC(=O)N(c2ccc(N3CCCC3)cc2)C1. The number of nitrogens with zero attached hydrogens (tertiary/aromatic N) is 3. The van der Waals surface area contributed by atoms with Crippen molar-refractivity contribution in [2.24, 2.45) is 5.92 Å². The van der Waals surface area contributed by atoms with Crippen LogP contribution in [0.5, 0.6) is 0 Å². The maximum Gasteiger partial charge on any atom is 0.292 e. The molecular formula is C21H22N4O4. The summed E-state index contributed by atoms with van der Waals surface area (Å²) >= 11 is 0. The van der Waals surface area contributed by atoms with Crippen LogP contribution in [0.15, 0.2) is 48.5 Å². The zero-order valence-electron chi connectivity index (χ0n) is 15.9. The lowest BCUT2D eigenvalue weighted by Gasteiger charge is -2.20. The number of para-hydroxylation sites is 2. The summed E-state index contributed by atoms with van der Waals surface area (Å²) in [6, 6.07) is 13.8. The van der Waals surface area contributed by atoms with Crippen LogP contribution in [0, 0.1) is 16.0 Å². The predicted molar refractivity (Wildman–Crippen MR) is 110 cm³/mol. The molecule has 0 bridgehead atoms. The average Bonchev–Trinajstić information content (AvgIpc) is 3.38. The number of carbonyl (C=O) groups is 2. The lowest BCUT2D eigenvalue weighted by molar-refractivity contribution is -0.383. The van der Waals surface area contributed by atoms with E-state index >= 15 is 0 Å². The highest BCUT2D eigenvalue weighted by molar-refractivity contribution is 6.04. The molecule has 1 atom stereocenters. The first-order valence-corrected chi connectivity index (χ1v) is 9.72. The third-order valence-corrected chi connectivity index (χ3v) is 5.49. The molecule has 2 aromatic rings. The maximum absolute atomic E-state index is 12.6. The highest BCUT2D eigenvalue weighted by Gasteiger charge is 2.35. The monoisotopic (exact) mass is 394 g/mol. The van der Waals surface area contributed by atoms with E-state index in [9.17, 15) is 19.7 Å². The Hall–Kier alpha value is -3.42. The molecule has 29 heavy (non-hydrogen) atoms. The van der Waals surface area contributed by atoms with Crippen LogP contribution in [0.3, 0.4) is 0 Å². The molecule has 2 aromatic carbocycles. The topological polar surface area (TPSA) is 95.8 Å². The Morgan fingerprint density at radius 2 is 1.69 bits per heavy atom. The van der Waals surface area contributed by atoms with Gasteiger partial charge in [-0.1, -0.05) is 12.1 Å². The summed E-state index contributed by atoms with van der Waals surface area (Å²) in [7, 11) is 0. The molecule has 2 heterocycles. The van der Waals surface area contributed by atoms with Gasteiger partial charge in [-0.25, -0.2) is 0 Å². The molecule has 0 radical (unpaired) electrons. The smallest absolute Gasteiger partial charge is 0.292 e. The van der Waals surface area contributed by atoms with Crippen LogP contribution in [0.4, 0.5) is 22.7 Å². The Kier molecular flexibility index (Phi) is 5.16. The predicted octanol–water partition coefficient (Wildman–Crippen LogP) is 3.19. The van der Waals surface area contributed by atoms with Crippen molar-refractivity contribution < 1.29 is 14.5 Å². The molecule has 8 heteroatoms. The van der Waals surface area contributed by atoms with E-state index in [4.69, 9.17) is 0 Å². The second kappa shape index (κ2) is 7.90. The van der Waals surface area contributed by atoms with Crippen molar-refractivity contribution in [3.05, 3.63) is 58.6 Å². The van der Waals surface area contributed by atoms with E-state index in [1.807, 2.05) is 24.3 Å². The quantitative estimate of drug-likeness (QED) is 0.621. The van der Waals surface area contributed by atoms with E-state index in [1.54, 1.807) is 17.0 Å². The third-order valence-electron chi connectivity index (χ3n) is 5.49. The first kappa shape index (κ1) is 18.9. The van der Waals surface area contributed by atoms with Gasteiger partial charge < -0.3 is 15.1 Å². The van der Waals surface area contributed by atoms with E-state index in [0.29, 0.717) is 0 Å². The van der Waals surface area contributed by atoms with Crippen LogP contribution in [0.25, 0.3) is 0 Å². The summed E-state index contributed by atoms with van der Waals surface area (Å²) in [5, 5.41) is 13.7. The van der Waals surface area contributed by atoms with Gasteiger partial charge in [0.15, 0.2) is 0 Å². The first-order valence-electron chi connectivity index (χ1n) is 9.72. The van der Waals surface area contributed by atoms with E-state index in [-0.39, 0.29) is 36.2 Å². The molecule has 150 valence electrons. The van der Waals surface area contributed by atoms with Gasteiger partial charge in [0.1, 0.15) is 5.69 Å². The van der Waals surface area contributed by atoms with Crippen molar-refractivity contribution in [3.63, 3.8) is 0 Å². The molecule has 2 amide bonds. The summed E-state index contributed by atoms with van der Waals surface area (Å²) in [5.41, 5.74) is 1.88. The Morgan fingerprint density at radius 3 is 2.38 bits per heavy atom. The fraction of sp³-hybridized carbons (Fsp3) is 0.333. The molecule has 2 aliphatic rings. The second-order valence-corrected chi connectivity index (χ2v) is 7.38. The van der Waals surface area contributed by atoms with E-state index in [2.05, 4.69) is 10.2 Å². The fourth-order valence-electron chi connectivity index (χ4n) is 3.92. The van der Waals surface area contributed by atoms with Crippen LogP contribution in [0.1, 0.15) is 19.3 Å². The molecule has 4 rings (SSSR count). The van der Waals surface area contributed by atoms with Crippen LogP contribution in [0.2, 0.25) is 0 Å². The fourth-order valence-corrected chi connectivity index (χ4v) is 3.92. The first-order chi connectivity index (χ1) is 14.0. The standard InChI is InChI=1S/C21H22N4O4/c26-20-13-15(21(27)22-18-5-1-2-6-19(18)25(28)29)14-24(20)17-9-7-16(8-10-17)23-11-3-4-12-23/h1-2,5-10,15H,3-4,11-14H2,(H,22,27). The van der Waals surface area contributed by atoms with Crippen molar-refractivity contribution in [3.8, 4) is 0 Å². The molecule has 0 saturated carbocycles. The normalized spacial score (nSPS) is 18.9. The van der Waals surface area contributed by atoms with Gasteiger partial charge >= 0.3 is 0 Å². The summed E-state index contributed by atoms with van der Waals surface area (Å²) in [6.45, 7) is 2.36. The Labute approximate surface area is 168 Å². The minimum atomic E-state index is -0.555. The molecule has 8 nitrogen and oxygen atoms in total. The summed E-state index contributed by atoms with van der Waals surface area (Å²) in [5.74, 6) is -1.06. The van der Waals surface area contributed by atoms with Gasteiger partial charge in [-0.15, -0.1) is 0 Å². The summed E-state index contributed by atoms with van der Waals surface area (Å²) in [4.78, 5) is 39.6. The number of rotatable bonds is 5. The van der Waals surface area contributed by atoms with Gasteiger partial charge in [-0.05, 0) is 43.2 Å². The Morgan fingerprint density at radius 1 is 1.03 bits per heavy atom. The zero-order chi connectivity index (χ0) is 20.4. The highest BCUT2D eigenvalue weighted by atomic mass is 16.6. The van der Waals surface area contributed by atoms with Gasteiger partial charge in [-0.3, -0.25) is 19.7 Å². The number of nitro benzene ring substituents is 1. The van der Waals surface area contributed by atoms with E-state index < -0.39 is 10.8 Å². The van der Waals surface area contributed by atoms with Gasteiger partial charge in [0.2, 0.25) is 11.8 Å². The number of hydrogen-bond acceptors (Lipinski definition) is 5. The van der Waals surface area contributed by atoms with Crippen molar-refractivity contribution >= 4 is 34.6 Å². The molecule has 2 aliphatic heterocycles. The molecule has 0 aliphatic carbocycles. The Balaban J connectivity index is 1.44. The van der Waals surface area contributed by atoms with Gasteiger partial charge in [0, 0.05) is 43.5 Å². The lowest BCUT2D eigenvalue weighted by atomic mass is 10.1. The third kappa shape index (κ3) is 3.91. The number of hydrogen-bond donors (Lipinski definition) is 1. The van der Waals surface area contributed by atoms with Crippen molar-refractivity contribution in [1.29, 1.82) is 0 Å². The van der Waals surface area contributed by atoms with Crippen LogP contribution >= 0.6 is 0 Å². The van der Waals surface area contributed by atoms with Crippen molar-refractivity contribution in [2.45, 2.75) is 19.3 Å². The largest absolute Gasteiger partial charge is 0.372 e. The van der Waals surface area contributed by atoms with Gasteiger partial charge in [0.05, 0.1) is 10.8 Å². The molecule has 0 aromatic heterocycles. The molecule has 1 N–H and O–H groups in total. The maximum atomic E-state index is 12.6. The van der Waals surface area contributed by atoms with Crippen LogP contribution in [-0.2, 0) is 9.59 Å². The molecule has 1 unspecified atom stereocenters. The zero-order valence-corrected chi connectivity index (χ0v) is 15.9. The van der Waals surface area contributed by atoms with Crippen molar-refractivity contribution in [1.82, 2.24) is 0 Å². The van der Waals surface area contributed by atoms with Gasteiger partial charge in [-0.2, -0.15) is 0 Å². The number of amides is 2. The number of benzene rings is 2. The number of carbonyl (C=O) groups excluding carboxylic acids is 2. The van der Waals surface area contributed by atoms with Gasteiger partial charge in [0.25, 0.3) is 5.69 Å². The second-order valence-electron chi connectivity index (χ2n) is 7.38.